The summed E-state index contributed by atoms with van der Waals surface area (Å²) < 4.78 is 0. The number of nitrogens with zero attached hydrogens (tertiary/aromatic N) is 2. The van der Waals surface area contributed by atoms with Gasteiger partial charge in [-0.05, 0) is 19.1 Å². The first-order valence-electron chi connectivity index (χ1n) is 5.73. The molecule has 100 valence electrons. The summed E-state index contributed by atoms with van der Waals surface area (Å²) in [7, 11) is 0. The maximum atomic E-state index is 11.8. The van der Waals surface area contributed by atoms with Crippen molar-refractivity contribution in [1.82, 2.24) is 9.88 Å². The highest BCUT2D eigenvalue weighted by Gasteiger charge is 2.10. The Bertz CT molecular complexity index is 491. The molecule has 0 bridgehead atoms. The minimum absolute atomic E-state index is 0.146. The predicted octanol–water partition coefficient (Wildman–Crippen LogP) is 1.20. The number of carboxylic acid groups (broad SMARTS) is 1. The number of urea groups is 1. The zero-order valence-corrected chi connectivity index (χ0v) is 10.6. The van der Waals surface area contributed by atoms with Gasteiger partial charge in [0.15, 0.2) is 0 Å². The molecule has 0 aliphatic rings. The lowest BCUT2D eigenvalue weighted by Gasteiger charge is -2.18. The number of carbonyl (C=O) groups is 2. The maximum Gasteiger partial charge on any atom is 0.322 e. The standard InChI is InChI=1S/C13H15N3O3/c1-3-7-16(4-2)13(19)15-11-6-5-10(14-9-11)8-12(17)18/h1,5-6,9H,4,7-8H2,2H3,(H,15,19)(H,17,18). The van der Waals surface area contributed by atoms with Gasteiger partial charge in [0.2, 0.25) is 0 Å². The number of hydrogen-bond acceptors (Lipinski definition) is 3. The van der Waals surface area contributed by atoms with E-state index in [-0.39, 0.29) is 19.0 Å². The van der Waals surface area contributed by atoms with Gasteiger partial charge in [-0.25, -0.2) is 4.79 Å². The van der Waals surface area contributed by atoms with Crippen LogP contribution >= 0.6 is 0 Å². The van der Waals surface area contributed by atoms with Crippen molar-refractivity contribution in [3.8, 4) is 12.3 Å². The molecule has 0 unspecified atom stereocenters. The molecular formula is C13H15N3O3. The van der Waals surface area contributed by atoms with Gasteiger partial charge in [-0.15, -0.1) is 6.42 Å². The lowest BCUT2D eigenvalue weighted by Crippen LogP contribution is -2.35. The van der Waals surface area contributed by atoms with Crippen molar-refractivity contribution in [2.75, 3.05) is 18.4 Å². The van der Waals surface area contributed by atoms with Gasteiger partial charge in [0.25, 0.3) is 0 Å². The number of pyridine rings is 1. The summed E-state index contributed by atoms with van der Waals surface area (Å²) in [4.78, 5) is 27.7. The summed E-state index contributed by atoms with van der Waals surface area (Å²) in [6.07, 6.45) is 6.43. The fourth-order valence-electron chi connectivity index (χ4n) is 1.40. The van der Waals surface area contributed by atoms with Crippen LogP contribution in [-0.2, 0) is 11.2 Å². The fraction of sp³-hybridized carbons (Fsp3) is 0.308. The Morgan fingerprint density at radius 2 is 2.26 bits per heavy atom. The highest BCUT2D eigenvalue weighted by Crippen LogP contribution is 2.08. The number of nitrogens with one attached hydrogen (secondary N) is 1. The van der Waals surface area contributed by atoms with Crippen molar-refractivity contribution in [2.45, 2.75) is 13.3 Å². The van der Waals surface area contributed by atoms with Crippen molar-refractivity contribution in [3.05, 3.63) is 24.0 Å². The van der Waals surface area contributed by atoms with Gasteiger partial charge in [0.05, 0.1) is 30.5 Å². The van der Waals surface area contributed by atoms with E-state index in [9.17, 15) is 9.59 Å². The molecule has 1 heterocycles. The van der Waals surface area contributed by atoms with Crippen LogP contribution in [0.15, 0.2) is 18.3 Å². The molecule has 1 aromatic rings. The Morgan fingerprint density at radius 3 is 2.74 bits per heavy atom. The fourth-order valence-corrected chi connectivity index (χ4v) is 1.40. The third kappa shape index (κ3) is 4.68. The van der Waals surface area contributed by atoms with Crippen LogP contribution in [0, 0.1) is 12.3 Å². The molecule has 0 radical (unpaired) electrons. The van der Waals surface area contributed by atoms with E-state index in [1.54, 1.807) is 12.1 Å². The summed E-state index contributed by atoms with van der Waals surface area (Å²) in [5, 5.41) is 11.2. The van der Waals surface area contributed by atoms with E-state index >= 15 is 0 Å². The van der Waals surface area contributed by atoms with Gasteiger partial charge < -0.3 is 15.3 Å². The SMILES string of the molecule is C#CCN(CC)C(=O)Nc1ccc(CC(=O)O)nc1. The largest absolute Gasteiger partial charge is 0.481 e. The highest BCUT2D eigenvalue weighted by molar-refractivity contribution is 5.89. The molecule has 0 spiro atoms. The number of terminal acetylenes is 1. The Hall–Kier alpha value is -2.55. The first-order valence-corrected chi connectivity index (χ1v) is 5.73. The number of aromatic nitrogens is 1. The molecule has 6 nitrogen and oxygen atoms in total. The normalized spacial score (nSPS) is 9.47. The number of hydrogen-bond donors (Lipinski definition) is 2. The Morgan fingerprint density at radius 1 is 1.53 bits per heavy atom. The van der Waals surface area contributed by atoms with Crippen LogP contribution in [-0.4, -0.2) is 40.1 Å². The second-order valence-corrected chi connectivity index (χ2v) is 3.76. The first-order chi connectivity index (χ1) is 9.06. The molecular weight excluding hydrogens is 246 g/mol. The third-order valence-corrected chi connectivity index (χ3v) is 2.36. The molecule has 0 aromatic carbocycles. The molecule has 0 aliphatic heterocycles. The van der Waals surface area contributed by atoms with Crippen LogP contribution < -0.4 is 5.32 Å². The number of rotatable bonds is 5. The Labute approximate surface area is 111 Å². The molecule has 2 amide bonds. The van der Waals surface area contributed by atoms with E-state index in [4.69, 9.17) is 11.5 Å². The molecule has 1 aromatic heterocycles. The van der Waals surface area contributed by atoms with Gasteiger partial charge in [-0.2, -0.15) is 0 Å². The van der Waals surface area contributed by atoms with Crippen LogP contribution in [0.25, 0.3) is 0 Å². The van der Waals surface area contributed by atoms with Gasteiger partial charge in [0.1, 0.15) is 0 Å². The van der Waals surface area contributed by atoms with Crippen LogP contribution in [0.5, 0.6) is 0 Å². The van der Waals surface area contributed by atoms with E-state index in [1.807, 2.05) is 6.92 Å². The van der Waals surface area contributed by atoms with Gasteiger partial charge in [0, 0.05) is 6.54 Å². The number of carboxylic acids is 1. The summed E-state index contributed by atoms with van der Waals surface area (Å²) in [6.45, 7) is 2.55. The minimum atomic E-state index is -0.949. The van der Waals surface area contributed by atoms with Gasteiger partial charge in [-0.1, -0.05) is 5.92 Å². The van der Waals surface area contributed by atoms with Crippen LogP contribution in [0.1, 0.15) is 12.6 Å². The maximum absolute atomic E-state index is 11.8. The summed E-state index contributed by atoms with van der Waals surface area (Å²) >= 11 is 0. The molecule has 19 heavy (non-hydrogen) atoms. The van der Waals surface area contributed by atoms with E-state index in [1.165, 1.54) is 11.1 Å². The Balaban J connectivity index is 2.65. The number of anilines is 1. The summed E-state index contributed by atoms with van der Waals surface area (Å²) in [6, 6.07) is 2.85. The van der Waals surface area contributed by atoms with Crippen molar-refractivity contribution >= 4 is 17.7 Å². The number of amides is 2. The van der Waals surface area contributed by atoms with Crippen molar-refractivity contribution in [3.63, 3.8) is 0 Å². The molecule has 0 atom stereocenters. The van der Waals surface area contributed by atoms with Crippen molar-refractivity contribution in [1.29, 1.82) is 0 Å². The summed E-state index contributed by atoms with van der Waals surface area (Å²) in [5.41, 5.74) is 0.927. The highest BCUT2D eigenvalue weighted by atomic mass is 16.4. The van der Waals surface area contributed by atoms with E-state index in [0.717, 1.165) is 0 Å². The molecule has 6 heteroatoms. The van der Waals surface area contributed by atoms with Crippen LogP contribution in [0.2, 0.25) is 0 Å². The second kappa shape index (κ2) is 7.01. The number of carbonyl (C=O) groups excluding carboxylic acids is 1. The van der Waals surface area contributed by atoms with E-state index < -0.39 is 5.97 Å². The topological polar surface area (TPSA) is 82.5 Å². The zero-order valence-electron chi connectivity index (χ0n) is 10.6. The monoisotopic (exact) mass is 261 g/mol. The quantitative estimate of drug-likeness (QED) is 0.780. The molecule has 0 fully saturated rings. The minimum Gasteiger partial charge on any atom is -0.481 e. The second-order valence-electron chi connectivity index (χ2n) is 3.76. The molecule has 2 N–H and O–H groups in total. The average molecular weight is 261 g/mol. The van der Waals surface area contributed by atoms with Crippen molar-refractivity contribution < 1.29 is 14.7 Å². The van der Waals surface area contributed by atoms with Crippen molar-refractivity contribution in [2.24, 2.45) is 0 Å². The lowest BCUT2D eigenvalue weighted by atomic mass is 10.2. The van der Waals surface area contributed by atoms with Crippen LogP contribution in [0.4, 0.5) is 10.5 Å². The lowest BCUT2D eigenvalue weighted by molar-refractivity contribution is -0.136. The van der Waals surface area contributed by atoms with Crippen LogP contribution in [0.3, 0.4) is 0 Å². The van der Waals surface area contributed by atoms with Gasteiger partial charge >= 0.3 is 12.0 Å². The molecule has 1 rings (SSSR count). The predicted molar refractivity (Wildman–Crippen MR) is 70.7 cm³/mol. The van der Waals surface area contributed by atoms with E-state index in [2.05, 4.69) is 16.2 Å². The van der Waals surface area contributed by atoms with Gasteiger partial charge in [-0.3, -0.25) is 9.78 Å². The molecule has 0 aliphatic carbocycles. The van der Waals surface area contributed by atoms with E-state index in [0.29, 0.717) is 17.9 Å². The zero-order chi connectivity index (χ0) is 14.3. The molecule has 0 saturated carbocycles. The smallest absolute Gasteiger partial charge is 0.322 e. The molecule has 0 saturated heterocycles. The Kier molecular flexibility index (Phi) is 5.35. The third-order valence-electron chi connectivity index (χ3n) is 2.36. The summed E-state index contributed by atoms with van der Waals surface area (Å²) in [5.74, 6) is 1.45. The number of aliphatic carboxylic acids is 1. The average Bonchev–Trinajstić information content (AvgIpc) is 2.37. The first kappa shape index (κ1) is 14.5.